The van der Waals surface area contributed by atoms with Crippen LogP contribution in [0.5, 0.6) is 0 Å². The smallest absolute Gasteiger partial charge is 0.332 e. The number of nitrogens with two attached hydrogens (primary N) is 1. The molecule has 0 radical (unpaired) electrons. The number of urea groups is 1. The molecule has 0 bridgehead atoms. The molecule has 10 heteroatoms. The minimum absolute atomic E-state index is 0.444. The van der Waals surface area contributed by atoms with Crippen molar-refractivity contribution in [2.45, 2.75) is 13.8 Å². The fourth-order valence-electron chi connectivity index (χ4n) is 3.76. The Morgan fingerprint density at radius 2 is 1.61 bits per heavy atom. The zero-order valence-corrected chi connectivity index (χ0v) is 17.9. The van der Waals surface area contributed by atoms with Crippen LogP contribution in [-0.2, 0) is 0 Å². The fraction of sp³-hybridized carbons (Fsp3) is 0.0870. The Balaban J connectivity index is 1.82. The van der Waals surface area contributed by atoms with E-state index in [0.717, 1.165) is 27.8 Å². The molecule has 33 heavy (non-hydrogen) atoms. The summed E-state index contributed by atoms with van der Waals surface area (Å²) in [6, 6.07) is 19.1. The highest BCUT2D eigenvalue weighted by Crippen LogP contribution is 2.37. The van der Waals surface area contributed by atoms with Gasteiger partial charge in [0.1, 0.15) is 11.4 Å². The van der Waals surface area contributed by atoms with Crippen LogP contribution < -0.4 is 11.2 Å². The molecular weight excluding hydrogens is 418 g/mol. The molecule has 5 rings (SSSR count). The van der Waals surface area contributed by atoms with Crippen LogP contribution in [-0.4, -0.2) is 41.8 Å². The second-order valence-corrected chi connectivity index (χ2v) is 7.40. The first-order valence-corrected chi connectivity index (χ1v) is 10.2. The van der Waals surface area contributed by atoms with E-state index in [2.05, 4.69) is 36.0 Å². The Labute approximate surface area is 188 Å². The number of carbonyl (C=O) groups excluding carboxylic acids is 1. The van der Waals surface area contributed by atoms with Crippen molar-refractivity contribution < 1.29 is 4.79 Å². The van der Waals surface area contributed by atoms with E-state index in [1.807, 2.05) is 67.6 Å². The zero-order chi connectivity index (χ0) is 22.9. The molecule has 0 aliphatic carbocycles. The van der Waals surface area contributed by atoms with Crippen molar-refractivity contribution in [3.8, 4) is 22.4 Å². The van der Waals surface area contributed by atoms with Gasteiger partial charge in [0.05, 0.1) is 16.8 Å². The molecule has 0 fully saturated rings. The predicted molar refractivity (Wildman–Crippen MR) is 124 cm³/mol. The third-order valence-corrected chi connectivity index (χ3v) is 5.27. The number of hydrogen-bond donors (Lipinski definition) is 2. The van der Waals surface area contributed by atoms with Crippen LogP contribution >= 0.6 is 0 Å². The van der Waals surface area contributed by atoms with E-state index in [0.29, 0.717) is 28.4 Å². The molecule has 3 N–H and O–H groups in total. The van der Waals surface area contributed by atoms with Gasteiger partial charge in [-0.3, -0.25) is 0 Å². The molecule has 0 aliphatic heterocycles. The van der Waals surface area contributed by atoms with Gasteiger partial charge in [0.15, 0.2) is 5.65 Å². The molecule has 0 atom stereocenters. The maximum Gasteiger partial charge on any atom is 0.332 e. The first-order valence-electron chi connectivity index (χ1n) is 10.2. The largest absolute Gasteiger partial charge is 0.350 e. The highest BCUT2D eigenvalue weighted by atomic mass is 16.2. The maximum absolute atomic E-state index is 11.0. The summed E-state index contributed by atoms with van der Waals surface area (Å²) < 4.78 is 1.67. The molecule has 0 unspecified atom stereocenters. The molecule has 0 aliphatic rings. The predicted octanol–water partition coefficient (Wildman–Crippen LogP) is 3.10. The van der Waals surface area contributed by atoms with Gasteiger partial charge in [-0.05, 0) is 19.4 Å². The highest BCUT2D eigenvalue weighted by Gasteiger charge is 2.22. The Hall–Kier alpha value is -4.73. The Bertz CT molecular complexity index is 1530. The third-order valence-electron chi connectivity index (χ3n) is 5.27. The minimum Gasteiger partial charge on any atom is -0.350 e. The average Bonchev–Trinajstić information content (AvgIpc) is 3.23. The lowest BCUT2D eigenvalue weighted by Gasteiger charge is -2.10. The van der Waals surface area contributed by atoms with Gasteiger partial charge < -0.3 is 5.73 Å². The lowest BCUT2D eigenvalue weighted by Crippen LogP contribution is -2.26. The number of nitrogens with one attached hydrogen (secondary N) is 1. The van der Waals surface area contributed by atoms with Crippen molar-refractivity contribution in [3.63, 3.8) is 0 Å². The van der Waals surface area contributed by atoms with Gasteiger partial charge in [0.2, 0.25) is 5.65 Å². The van der Waals surface area contributed by atoms with E-state index < -0.39 is 6.03 Å². The second kappa shape index (κ2) is 8.08. The monoisotopic (exact) mass is 437 g/mol. The molecule has 5 aromatic rings. The van der Waals surface area contributed by atoms with Gasteiger partial charge in [-0.25, -0.2) is 14.7 Å². The number of primary amides is 1. The number of hydrogen-bond acceptors (Lipinski definition) is 7. The quantitative estimate of drug-likeness (QED) is 0.327. The van der Waals surface area contributed by atoms with E-state index in [1.54, 1.807) is 11.4 Å². The SMILES string of the molecule is C/C(=N\NC(N)=O)c1nnc2c3c(-c4ccccc4)c(-c4ccccc4)nnc3nn2c1C. The molecule has 162 valence electrons. The number of hydrazone groups is 1. The second-order valence-electron chi connectivity index (χ2n) is 7.40. The Morgan fingerprint density at radius 1 is 0.939 bits per heavy atom. The van der Waals surface area contributed by atoms with E-state index in [-0.39, 0.29) is 0 Å². The molecule has 10 nitrogen and oxygen atoms in total. The summed E-state index contributed by atoms with van der Waals surface area (Å²) in [5.74, 6) is 0. The van der Waals surface area contributed by atoms with Gasteiger partial charge in [-0.1, -0.05) is 60.7 Å². The van der Waals surface area contributed by atoms with Crippen LogP contribution in [0.2, 0.25) is 0 Å². The van der Waals surface area contributed by atoms with Crippen LogP contribution in [0.3, 0.4) is 0 Å². The molecule has 0 saturated heterocycles. The number of fused-ring (bicyclic) bond motifs is 3. The van der Waals surface area contributed by atoms with Gasteiger partial charge >= 0.3 is 6.03 Å². The minimum atomic E-state index is -0.762. The number of benzene rings is 2. The summed E-state index contributed by atoms with van der Waals surface area (Å²) in [4.78, 5) is 11.0. The van der Waals surface area contributed by atoms with Gasteiger partial charge in [-0.2, -0.15) is 5.10 Å². The van der Waals surface area contributed by atoms with Crippen LogP contribution in [0.4, 0.5) is 4.79 Å². The van der Waals surface area contributed by atoms with Gasteiger partial charge in [-0.15, -0.1) is 25.5 Å². The summed E-state index contributed by atoms with van der Waals surface area (Å²) >= 11 is 0. The summed E-state index contributed by atoms with van der Waals surface area (Å²) in [6.45, 7) is 3.55. The van der Waals surface area contributed by atoms with Crippen molar-refractivity contribution in [1.29, 1.82) is 0 Å². The van der Waals surface area contributed by atoms with Crippen LogP contribution in [0.1, 0.15) is 18.3 Å². The number of amides is 2. The van der Waals surface area contributed by atoms with Crippen LogP contribution in [0.25, 0.3) is 39.1 Å². The lowest BCUT2D eigenvalue weighted by molar-refractivity contribution is 0.249. The summed E-state index contributed by atoms with van der Waals surface area (Å²) in [5.41, 5.74) is 13.4. The third kappa shape index (κ3) is 3.53. The van der Waals surface area contributed by atoms with Crippen LogP contribution in [0, 0.1) is 6.92 Å². The summed E-state index contributed by atoms with van der Waals surface area (Å²) in [6.07, 6.45) is 0. The normalized spacial score (nSPS) is 11.8. The molecule has 0 saturated carbocycles. The Morgan fingerprint density at radius 3 is 2.27 bits per heavy atom. The topological polar surface area (TPSA) is 136 Å². The van der Waals surface area contributed by atoms with Crippen molar-refractivity contribution in [3.05, 3.63) is 72.1 Å². The number of carbonyl (C=O) groups is 1. The number of aromatic nitrogens is 6. The maximum atomic E-state index is 11.0. The van der Waals surface area contributed by atoms with E-state index in [9.17, 15) is 4.79 Å². The van der Waals surface area contributed by atoms with E-state index in [1.165, 1.54) is 0 Å². The number of rotatable bonds is 4. The van der Waals surface area contributed by atoms with E-state index >= 15 is 0 Å². The van der Waals surface area contributed by atoms with Gasteiger partial charge in [0, 0.05) is 11.1 Å². The molecule has 3 heterocycles. The lowest BCUT2D eigenvalue weighted by atomic mass is 9.97. The average molecular weight is 437 g/mol. The van der Waals surface area contributed by atoms with Crippen molar-refractivity contribution in [2.75, 3.05) is 0 Å². The Kier molecular flexibility index (Phi) is 4.94. The highest BCUT2D eigenvalue weighted by molar-refractivity contribution is 6.07. The molecule has 3 aromatic heterocycles. The first kappa shape index (κ1) is 20.2. The molecule has 2 amide bonds. The van der Waals surface area contributed by atoms with Crippen molar-refractivity contribution in [2.24, 2.45) is 10.8 Å². The summed E-state index contributed by atoms with van der Waals surface area (Å²) in [7, 11) is 0. The zero-order valence-electron chi connectivity index (χ0n) is 17.9. The van der Waals surface area contributed by atoms with Crippen molar-refractivity contribution in [1.82, 2.24) is 35.4 Å². The van der Waals surface area contributed by atoms with Crippen molar-refractivity contribution >= 4 is 28.4 Å². The number of nitrogens with zero attached hydrogens (tertiary/aromatic N) is 7. The summed E-state index contributed by atoms with van der Waals surface area (Å²) in [5, 5.41) is 27.1. The fourth-order valence-corrected chi connectivity index (χ4v) is 3.76. The first-order chi connectivity index (χ1) is 16.0. The molecular formula is C23H19N9O. The number of aryl methyl sites for hydroxylation is 1. The van der Waals surface area contributed by atoms with Crippen LogP contribution in [0.15, 0.2) is 65.8 Å². The van der Waals surface area contributed by atoms with E-state index in [4.69, 9.17) is 5.73 Å². The van der Waals surface area contributed by atoms with Gasteiger partial charge in [0.25, 0.3) is 0 Å². The standard InChI is InChI=1S/C23H19N9O/c1-13(25-30-23(24)33)19-14(2)32-22(29-26-19)18-17(15-9-5-3-6-10-15)20(27-28-21(18)31-32)16-11-7-4-8-12-16/h3-12H,1-2H3,(H3,24,30,33)/b25-13+. The molecule has 2 aromatic carbocycles. The molecule has 0 spiro atoms.